The first-order valence-electron chi connectivity index (χ1n) is 11.4. The molecule has 7 nitrogen and oxygen atoms in total. The van der Waals surface area contributed by atoms with Gasteiger partial charge in [-0.05, 0) is 0 Å². The Labute approximate surface area is 317 Å². The van der Waals surface area contributed by atoms with Gasteiger partial charge in [-0.3, -0.25) is 18.9 Å². The standard InChI is InChI=1S/C17HClF32O7.Na/c18-3(21,8(26,27)28)13(41,42)57-17(49,50)7(25,12(38,39)40)56-16(47,48)6(24,11(35,36)37)55-15(45,46)5(23,10(32,33)34)54-14(43,44)4(22,9(29,30)31)53-2(19,20)1(51)52;/h(H,51,52);/q;+1/p-1. The van der Waals surface area contributed by atoms with Crippen molar-refractivity contribution in [3.63, 3.8) is 0 Å². The van der Waals surface area contributed by atoms with Crippen molar-refractivity contribution >= 4 is 17.6 Å². The molecule has 0 N–H and O–H groups in total. The SMILES string of the molecule is O=C([O-])C(F)(F)OC(F)(C(F)(F)F)C(F)(F)OC(F)(C(F)(F)F)C(F)(F)OC(F)(C(F)(F)F)C(F)(F)OC(F)(C(F)(F)F)C(F)(F)OC(F)(F)C(F)(Cl)C(F)(F)F.[Na+]. The molecule has 0 radical (unpaired) electrons. The fraction of sp³-hybridized carbons (Fsp3) is 0.941. The van der Waals surface area contributed by atoms with Gasteiger partial charge in [-0.1, -0.05) is 11.6 Å². The molecule has 0 aromatic heterocycles. The van der Waals surface area contributed by atoms with E-state index in [0.717, 1.165) is 18.9 Å². The number of hydrogen-bond acceptors (Lipinski definition) is 7. The van der Waals surface area contributed by atoms with E-state index in [4.69, 9.17) is 0 Å². The third-order valence-electron chi connectivity index (χ3n) is 5.25. The Morgan fingerprint density at radius 1 is 0.328 bits per heavy atom. The molecule has 0 saturated carbocycles. The van der Waals surface area contributed by atoms with Crippen LogP contribution in [0, 0.1) is 0 Å². The van der Waals surface area contributed by atoms with Crippen molar-refractivity contribution in [3.05, 3.63) is 0 Å². The first-order valence-corrected chi connectivity index (χ1v) is 11.8. The van der Waals surface area contributed by atoms with Crippen LogP contribution in [0.15, 0.2) is 0 Å². The molecule has 5 unspecified atom stereocenters. The van der Waals surface area contributed by atoms with E-state index in [9.17, 15) is 150 Å². The Bertz CT molecular complexity index is 1450. The zero-order chi connectivity index (χ0) is 47.1. The smallest absolute Gasteiger partial charge is 0.542 e. The minimum atomic E-state index is -9.47. The van der Waals surface area contributed by atoms with Gasteiger partial charge in [0.2, 0.25) is 0 Å². The molecule has 0 aliphatic heterocycles. The van der Waals surface area contributed by atoms with E-state index in [1.807, 2.05) is 0 Å². The van der Waals surface area contributed by atoms with E-state index in [0.29, 0.717) is 0 Å². The van der Waals surface area contributed by atoms with Gasteiger partial charge in [0.05, 0.1) is 0 Å². The van der Waals surface area contributed by atoms with Gasteiger partial charge in [-0.2, -0.15) is 136 Å². The van der Waals surface area contributed by atoms with E-state index in [1.165, 1.54) is 4.74 Å². The fourth-order valence-electron chi connectivity index (χ4n) is 2.53. The number of carboxylic acids is 1. The minimum absolute atomic E-state index is 0. The van der Waals surface area contributed by atoms with Crippen LogP contribution in [0.2, 0.25) is 0 Å². The summed E-state index contributed by atoms with van der Waals surface area (Å²) in [5.41, 5.74) is 0. The summed E-state index contributed by atoms with van der Waals surface area (Å²) in [5.74, 6) is -41.3. The molecule has 0 amide bonds. The average Bonchev–Trinajstić information content (AvgIpc) is 2.87. The van der Waals surface area contributed by atoms with Gasteiger partial charge >= 0.3 is 126 Å². The molecule has 0 saturated heterocycles. The maximum Gasteiger partial charge on any atom is 1.00 e. The first kappa shape index (κ1) is 58.4. The number of carbonyl (C=O) groups excluding carboxylic acids is 1. The molecular formula is C17ClF32NaO7. The van der Waals surface area contributed by atoms with E-state index < -0.39 is 102 Å². The van der Waals surface area contributed by atoms with Crippen molar-refractivity contribution in [2.45, 2.75) is 96.1 Å². The molecule has 0 aliphatic rings. The van der Waals surface area contributed by atoms with Crippen LogP contribution >= 0.6 is 11.6 Å². The molecule has 0 aliphatic carbocycles. The van der Waals surface area contributed by atoms with Gasteiger partial charge in [0, 0.05) is 0 Å². The van der Waals surface area contributed by atoms with Gasteiger partial charge in [0.25, 0.3) is 0 Å². The van der Waals surface area contributed by atoms with Gasteiger partial charge < -0.3 is 9.90 Å². The van der Waals surface area contributed by atoms with E-state index in [2.05, 4.69) is 11.6 Å². The molecule has 0 fully saturated rings. The van der Waals surface area contributed by atoms with Crippen molar-refractivity contribution in [1.29, 1.82) is 0 Å². The zero-order valence-corrected chi connectivity index (χ0v) is 27.6. The summed E-state index contributed by atoms with van der Waals surface area (Å²) in [7, 11) is 0. The number of rotatable bonds is 16. The van der Waals surface area contributed by atoms with Crippen LogP contribution in [0.5, 0.6) is 0 Å². The second kappa shape index (κ2) is 15.6. The van der Waals surface area contributed by atoms with Crippen LogP contribution in [0.25, 0.3) is 0 Å². The van der Waals surface area contributed by atoms with E-state index in [1.54, 1.807) is 0 Å². The molecule has 0 heterocycles. The normalized spacial score (nSPS) is 20.5. The second-order valence-corrected chi connectivity index (χ2v) is 9.86. The number of alkyl halides is 33. The maximum atomic E-state index is 14.5. The van der Waals surface area contributed by atoms with Crippen LogP contribution in [-0.4, -0.2) is 102 Å². The van der Waals surface area contributed by atoms with Crippen LogP contribution in [0.4, 0.5) is 140 Å². The Morgan fingerprint density at radius 3 is 0.690 bits per heavy atom. The quantitative estimate of drug-likeness (QED) is 0.111. The summed E-state index contributed by atoms with van der Waals surface area (Å²) in [6.45, 7) is 0. The van der Waals surface area contributed by atoms with Gasteiger partial charge in [0.1, 0.15) is 5.97 Å². The van der Waals surface area contributed by atoms with Crippen molar-refractivity contribution < 1.29 is 204 Å². The molecule has 0 bridgehead atoms. The number of ether oxygens (including phenoxy) is 5. The summed E-state index contributed by atoms with van der Waals surface area (Å²) in [4.78, 5) is 9.99. The molecule has 0 aromatic carbocycles. The monoisotopic (exact) mass is 982 g/mol. The number of aliphatic carboxylic acids is 1. The third kappa shape index (κ3) is 9.99. The predicted octanol–water partition coefficient (Wildman–Crippen LogP) is 5.76. The molecule has 342 valence electrons. The number of hydrogen-bond donors (Lipinski definition) is 0. The van der Waals surface area contributed by atoms with Crippen LogP contribution in [0.3, 0.4) is 0 Å². The van der Waals surface area contributed by atoms with Crippen molar-refractivity contribution in [1.82, 2.24) is 0 Å². The Balaban J connectivity index is 0. The third-order valence-corrected chi connectivity index (χ3v) is 5.68. The van der Waals surface area contributed by atoms with Crippen LogP contribution < -0.4 is 34.7 Å². The second-order valence-electron chi connectivity index (χ2n) is 9.34. The Morgan fingerprint density at radius 2 is 0.517 bits per heavy atom. The van der Waals surface area contributed by atoms with E-state index in [-0.39, 0.29) is 29.6 Å². The maximum absolute atomic E-state index is 14.5. The van der Waals surface area contributed by atoms with Gasteiger partial charge in [-0.25, -0.2) is 9.13 Å². The molecule has 0 spiro atoms. The topological polar surface area (TPSA) is 86.3 Å². The largest absolute Gasteiger partial charge is 1.00 e. The molecule has 0 aromatic rings. The molecule has 0 rings (SSSR count). The summed E-state index contributed by atoms with van der Waals surface area (Å²) in [6, 6.07) is 0. The van der Waals surface area contributed by atoms with Gasteiger partial charge in [0.15, 0.2) is 0 Å². The molecule has 58 heavy (non-hydrogen) atoms. The van der Waals surface area contributed by atoms with E-state index >= 15 is 0 Å². The van der Waals surface area contributed by atoms with Crippen molar-refractivity contribution in [2.24, 2.45) is 0 Å². The fourth-order valence-corrected chi connectivity index (χ4v) is 2.57. The summed E-state index contributed by atoms with van der Waals surface area (Å²) < 4.78 is 434. The molecule has 5 atom stereocenters. The average molecular weight is 983 g/mol. The molecular weight excluding hydrogens is 983 g/mol. The Hall–Kier alpha value is -1.68. The number of halogens is 33. The zero-order valence-electron chi connectivity index (χ0n) is 24.8. The summed E-state index contributed by atoms with van der Waals surface area (Å²) in [6.07, 6.45) is -95.2. The van der Waals surface area contributed by atoms with Crippen molar-refractivity contribution in [3.8, 4) is 0 Å². The summed E-state index contributed by atoms with van der Waals surface area (Å²) in [5, 5.41) is 2.54. The minimum Gasteiger partial charge on any atom is -0.542 e. The number of carboxylic acid groups (broad SMARTS) is 1. The van der Waals surface area contributed by atoms with Crippen molar-refractivity contribution in [2.75, 3.05) is 0 Å². The Kier molecular flexibility index (Phi) is 15.7. The summed E-state index contributed by atoms with van der Waals surface area (Å²) >= 11 is 3.38. The van der Waals surface area contributed by atoms with Gasteiger partial charge in [-0.15, -0.1) is 0 Å². The first-order chi connectivity index (χ1) is 24.0. The number of carbonyl (C=O) groups is 1. The van der Waals surface area contributed by atoms with Crippen LogP contribution in [0.1, 0.15) is 0 Å². The predicted molar refractivity (Wildman–Crippen MR) is 95.4 cm³/mol. The van der Waals surface area contributed by atoms with Crippen LogP contribution in [-0.2, 0) is 28.5 Å². The molecule has 41 heteroatoms.